The largest absolute Gasteiger partial charge is 0.481 e. The molecule has 1 aromatic carbocycles. The van der Waals surface area contributed by atoms with Crippen LogP contribution in [0.1, 0.15) is 103 Å². The van der Waals surface area contributed by atoms with Gasteiger partial charge in [0, 0.05) is 30.4 Å². The number of anilines is 1. The van der Waals surface area contributed by atoms with Gasteiger partial charge >= 0.3 is 5.97 Å². The normalized spacial score (nSPS) is 19.1. The molecule has 42 heavy (non-hydrogen) atoms. The smallest absolute Gasteiger partial charge is 0.303 e. The van der Waals surface area contributed by atoms with E-state index in [1.807, 2.05) is 38.1 Å². The molecule has 2 rings (SSSR count). The summed E-state index contributed by atoms with van der Waals surface area (Å²) in [7, 11) is 0. The summed E-state index contributed by atoms with van der Waals surface area (Å²) in [5.41, 5.74) is 3.17. The van der Waals surface area contributed by atoms with Gasteiger partial charge in [-0.15, -0.1) is 0 Å². The highest BCUT2D eigenvalue weighted by Gasteiger charge is 2.39. The summed E-state index contributed by atoms with van der Waals surface area (Å²) in [6.07, 6.45) is 10.7. The number of rotatable bonds is 18. The molecule has 0 radical (unpaired) electrons. The SMILES string of the molecule is CCCCC[C@H](O)/C=C/[C@H]1[C@H](O)CC(=O)[C@@H]1CCCCCCC(=O)O.CCN(CC)CC(=O)Nc1c(C)cccc1C. The van der Waals surface area contributed by atoms with Gasteiger partial charge in [-0.2, -0.15) is 0 Å². The predicted octanol–water partition coefficient (Wildman–Crippen LogP) is 6.06. The maximum Gasteiger partial charge on any atom is 0.303 e. The Labute approximate surface area is 253 Å². The van der Waals surface area contributed by atoms with Gasteiger partial charge in [-0.1, -0.05) is 89.6 Å². The first kappa shape index (κ1) is 37.5. The van der Waals surface area contributed by atoms with E-state index in [2.05, 4.69) is 31.0 Å². The summed E-state index contributed by atoms with van der Waals surface area (Å²) in [6.45, 7) is 12.5. The maximum atomic E-state index is 12.1. The predicted molar refractivity (Wildman–Crippen MR) is 170 cm³/mol. The zero-order valence-corrected chi connectivity index (χ0v) is 26.6. The van der Waals surface area contributed by atoms with Crippen LogP contribution in [0.2, 0.25) is 0 Å². The second kappa shape index (κ2) is 21.2. The van der Waals surface area contributed by atoms with Crippen LogP contribution >= 0.6 is 0 Å². The average molecular weight is 589 g/mol. The highest BCUT2D eigenvalue weighted by Crippen LogP contribution is 2.34. The number of Topliss-reactive ketones (excluding diaryl/α,β-unsaturated/α-hetero) is 1. The molecule has 4 atom stereocenters. The third-order valence-electron chi connectivity index (χ3n) is 8.05. The van der Waals surface area contributed by atoms with Crippen molar-refractivity contribution in [2.75, 3.05) is 25.0 Å². The molecule has 0 saturated heterocycles. The van der Waals surface area contributed by atoms with Crippen molar-refractivity contribution in [1.29, 1.82) is 0 Å². The number of nitrogens with zero attached hydrogens (tertiary/aromatic N) is 1. The van der Waals surface area contributed by atoms with Gasteiger partial charge in [-0.05, 0) is 57.3 Å². The Morgan fingerprint density at radius 2 is 1.67 bits per heavy atom. The van der Waals surface area contributed by atoms with Gasteiger partial charge in [0.25, 0.3) is 0 Å². The second-order valence-electron chi connectivity index (χ2n) is 11.5. The molecule has 0 bridgehead atoms. The molecule has 1 amide bonds. The van der Waals surface area contributed by atoms with E-state index in [0.717, 1.165) is 81.3 Å². The minimum absolute atomic E-state index is 0.0612. The Balaban J connectivity index is 0.000000452. The van der Waals surface area contributed by atoms with Gasteiger partial charge in [-0.25, -0.2) is 0 Å². The molecule has 1 aliphatic rings. The van der Waals surface area contributed by atoms with Crippen molar-refractivity contribution < 1.29 is 29.7 Å². The third-order valence-corrected chi connectivity index (χ3v) is 8.05. The Kier molecular flexibility index (Phi) is 18.9. The van der Waals surface area contributed by atoms with Crippen molar-refractivity contribution in [2.24, 2.45) is 11.8 Å². The lowest BCUT2D eigenvalue weighted by molar-refractivity contribution is -0.137. The number of ketones is 1. The maximum absolute atomic E-state index is 12.1. The molecule has 1 fully saturated rings. The van der Waals surface area contributed by atoms with E-state index in [9.17, 15) is 24.6 Å². The van der Waals surface area contributed by atoms with Gasteiger partial charge in [0.15, 0.2) is 0 Å². The van der Waals surface area contributed by atoms with E-state index < -0.39 is 18.2 Å². The summed E-state index contributed by atoms with van der Waals surface area (Å²) in [6, 6.07) is 6.03. The summed E-state index contributed by atoms with van der Waals surface area (Å²) in [5, 5.41) is 31.7. The lowest BCUT2D eigenvalue weighted by atomic mass is 9.88. The number of aliphatic carboxylic acids is 1. The Morgan fingerprint density at radius 1 is 1.02 bits per heavy atom. The molecular formula is C34H56N2O6. The van der Waals surface area contributed by atoms with Crippen LogP contribution in [0, 0.1) is 25.7 Å². The number of para-hydroxylation sites is 1. The number of hydrogen-bond donors (Lipinski definition) is 4. The van der Waals surface area contributed by atoms with Crippen LogP contribution < -0.4 is 5.32 Å². The van der Waals surface area contributed by atoms with Crippen molar-refractivity contribution in [3.8, 4) is 0 Å². The number of carboxylic acid groups (broad SMARTS) is 1. The molecule has 238 valence electrons. The number of aliphatic hydroxyl groups excluding tert-OH is 2. The molecule has 0 spiro atoms. The van der Waals surface area contributed by atoms with E-state index in [0.29, 0.717) is 13.0 Å². The van der Waals surface area contributed by atoms with Crippen LogP contribution in [-0.4, -0.2) is 69.7 Å². The number of carbonyl (C=O) groups is 3. The first-order chi connectivity index (χ1) is 20.0. The minimum atomic E-state index is -0.767. The lowest BCUT2D eigenvalue weighted by Crippen LogP contribution is -2.33. The van der Waals surface area contributed by atoms with Gasteiger partial charge in [-0.3, -0.25) is 19.3 Å². The van der Waals surface area contributed by atoms with Crippen LogP contribution in [0.25, 0.3) is 0 Å². The zero-order chi connectivity index (χ0) is 31.5. The van der Waals surface area contributed by atoms with Crippen molar-refractivity contribution in [3.05, 3.63) is 41.5 Å². The number of benzene rings is 1. The fourth-order valence-corrected chi connectivity index (χ4v) is 5.38. The highest BCUT2D eigenvalue weighted by molar-refractivity contribution is 5.93. The van der Waals surface area contributed by atoms with Crippen LogP contribution in [-0.2, 0) is 14.4 Å². The fraction of sp³-hybridized carbons (Fsp3) is 0.676. The standard InChI is InChI=1S/C20H34O5.C14H22N2O/c1-2-3-6-9-15(21)12-13-17-16(18(22)14-19(17)23)10-7-4-5-8-11-20(24)25;1-5-16(6-2)10-13(17)15-14-11(3)8-7-9-12(14)4/h12-13,15-17,19,21,23H,2-11,14H2,1H3,(H,24,25);7-9H,5-6,10H2,1-4H3,(H,15,17)/b13-12+;/t15-,16+,17+,19+;/m0./s1. The van der Waals surface area contributed by atoms with Crippen molar-refractivity contribution >= 4 is 23.3 Å². The molecule has 0 unspecified atom stereocenters. The van der Waals surface area contributed by atoms with Crippen molar-refractivity contribution in [3.63, 3.8) is 0 Å². The van der Waals surface area contributed by atoms with Crippen LogP contribution in [0.15, 0.2) is 30.4 Å². The monoisotopic (exact) mass is 588 g/mol. The molecule has 0 aliphatic heterocycles. The molecule has 8 nitrogen and oxygen atoms in total. The molecular weight excluding hydrogens is 532 g/mol. The summed E-state index contributed by atoms with van der Waals surface area (Å²) < 4.78 is 0. The molecule has 1 aromatic rings. The fourth-order valence-electron chi connectivity index (χ4n) is 5.38. The van der Waals surface area contributed by atoms with Gasteiger partial charge < -0.3 is 20.6 Å². The number of carboxylic acids is 1. The van der Waals surface area contributed by atoms with Gasteiger partial charge in [0.1, 0.15) is 5.78 Å². The summed E-state index contributed by atoms with van der Waals surface area (Å²) in [5.74, 6) is -0.975. The summed E-state index contributed by atoms with van der Waals surface area (Å²) in [4.78, 5) is 36.6. The number of carbonyl (C=O) groups excluding carboxylic acids is 2. The molecule has 0 aromatic heterocycles. The molecule has 1 aliphatic carbocycles. The van der Waals surface area contributed by atoms with Crippen molar-refractivity contribution in [2.45, 2.75) is 117 Å². The Hall–Kier alpha value is -2.55. The number of unbranched alkanes of at least 4 members (excludes halogenated alkanes) is 5. The first-order valence-electron chi connectivity index (χ1n) is 15.9. The van der Waals surface area contributed by atoms with Crippen LogP contribution in [0.5, 0.6) is 0 Å². The number of aryl methyl sites for hydroxylation is 2. The van der Waals surface area contributed by atoms with Crippen molar-refractivity contribution in [1.82, 2.24) is 4.90 Å². The topological polar surface area (TPSA) is 127 Å². The molecule has 4 N–H and O–H groups in total. The number of nitrogens with one attached hydrogen (secondary N) is 1. The van der Waals surface area contributed by atoms with E-state index >= 15 is 0 Å². The minimum Gasteiger partial charge on any atom is -0.481 e. The zero-order valence-electron chi connectivity index (χ0n) is 26.6. The van der Waals surface area contributed by atoms with Crippen LogP contribution in [0.4, 0.5) is 5.69 Å². The quantitative estimate of drug-likeness (QED) is 0.121. The Bertz CT molecular complexity index is 955. The van der Waals surface area contributed by atoms with E-state index in [-0.39, 0.29) is 36.4 Å². The Morgan fingerprint density at radius 3 is 2.26 bits per heavy atom. The average Bonchev–Trinajstić information content (AvgIpc) is 3.21. The summed E-state index contributed by atoms with van der Waals surface area (Å²) >= 11 is 0. The van der Waals surface area contributed by atoms with E-state index in [4.69, 9.17) is 5.11 Å². The molecule has 1 saturated carbocycles. The molecule has 8 heteroatoms. The third kappa shape index (κ3) is 14.6. The number of amides is 1. The number of likely N-dealkylation sites (N-methyl/N-ethyl adjacent to an activating group) is 1. The van der Waals surface area contributed by atoms with Gasteiger partial charge in [0.05, 0.1) is 18.8 Å². The first-order valence-corrected chi connectivity index (χ1v) is 15.9. The van der Waals surface area contributed by atoms with Gasteiger partial charge in [0.2, 0.25) is 5.91 Å². The highest BCUT2D eigenvalue weighted by atomic mass is 16.4. The number of hydrogen-bond acceptors (Lipinski definition) is 6. The van der Waals surface area contributed by atoms with E-state index in [1.165, 1.54) is 0 Å². The lowest BCUT2D eigenvalue weighted by Gasteiger charge is -2.18. The second-order valence-corrected chi connectivity index (χ2v) is 11.5. The molecule has 0 heterocycles. The van der Waals surface area contributed by atoms with Crippen LogP contribution in [0.3, 0.4) is 0 Å². The van der Waals surface area contributed by atoms with E-state index in [1.54, 1.807) is 6.08 Å². The number of aliphatic hydroxyl groups is 2.